The van der Waals surface area contributed by atoms with E-state index in [0.29, 0.717) is 0 Å². The second-order valence-electron chi connectivity index (χ2n) is 14.3. The number of aromatic nitrogens is 2. The van der Waals surface area contributed by atoms with Gasteiger partial charge >= 0.3 is 0 Å². The molecule has 0 spiro atoms. The molecular formula is C54H38N2. The molecule has 0 fully saturated rings. The Morgan fingerprint density at radius 1 is 0.304 bits per heavy atom. The highest BCUT2D eigenvalue weighted by Gasteiger charge is 2.18. The third kappa shape index (κ3) is 5.59. The van der Waals surface area contributed by atoms with Gasteiger partial charge in [-0.1, -0.05) is 147 Å². The maximum Gasteiger partial charge on any atom is 0.0541 e. The number of nitrogens with zero attached hydrogens (tertiary/aromatic N) is 2. The Balaban J connectivity index is 1.10. The molecule has 0 aliphatic carbocycles. The second kappa shape index (κ2) is 13.8. The Morgan fingerprint density at radius 2 is 0.786 bits per heavy atom. The van der Waals surface area contributed by atoms with Gasteiger partial charge in [-0.25, -0.2) is 0 Å². The van der Waals surface area contributed by atoms with Crippen LogP contribution in [0.15, 0.2) is 207 Å². The molecule has 8 aromatic carbocycles. The molecule has 0 bridgehead atoms. The molecule has 0 amide bonds. The minimum atomic E-state index is 1.04. The van der Waals surface area contributed by atoms with Crippen LogP contribution >= 0.6 is 0 Å². The number of benzene rings is 8. The van der Waals surface area contributed by atoms with Crippen molar-refractivity contribution in [2.45, 2.75) is 0 Å². The van der Waals surface area contributed by atoms with E-state index in [1.807, 2.05) is 18.2 Å². The van der Waals surface area contributed by atoms with Crippen molar-refractivity contribution in [3.63, 3.8) is 0 Å². The van der Waals surface area contributed by atoms with Crippen molar-refractivity contribution < 1.29 is 0 Å². The van der Waals surface area contributed by atoms with Gasteiger partial charge in [0.25, 0.3) is 0 Å². The molecule has 56 heavy (non-hydrogen) atoms. The zero-order chi connectivity index (χ0) is 37.6. The van der Waals surface area contributed by atoms with E-state index in [0.717, 1.165) is 39.1 Å². The van der Waals surface area contributed by atoms with Gasteiger partial charge in [0.1, 0.15) is 0 Å². The molecule has 10 aromatic rings. The summed E-state index contributed by atoms with van der Waals surface area (Å²) in [4.78, 5) is 0. The maximum atomic E-state index is 4.19. The molecular weight excluding hydrogens is 677 g/mol. The second-order valence-corrected chi connectivity index (χ2v) is 14.3. The summed E-state index contributed by atoms with van der Waals surface area (Å²) < 4.78 is 4.70. The number of hydrogen-bond donors (Lipinski definition) is 0. The van der Waals surface area contributed by atoms with Crippen LogP contribution in [0.25, 0.3) is 101 Å². The van der Waals surface area contributed by atoms with Crippen molar-refractivity contribution >= 4 is 44.9 Å². The van der Waals surface area contributed by atoms with E-state index in [1.54, 1.807) is 0 Å². The fourth-order valence-electron chi connectivity index (χ4n) is 8.43. The third-order valence-electron chi connectivity index (χ3n) is 11.0. The monoisotopic (exact) mass is 714 g/mol. The summed E-state index contributed by atoms with van der Waals surface area (Å²) >= 11 is 0. The molecule has 2 heteroatoms. The van der Waals surface area contributed by atoms with E-state index in [1.165, 1.54) is 60.8 Å². The van der Waals surface area contributed by atoms with Gasteiger partial charge in [0, 0.05) is 33.1 Å². The zero-order valence-electron chi connectivity index (χ0n) is 30.9. The Labute approximate surface area is 327 Å². The van der Waals surface area contributed by atoms with Crippen molar-refractivity contribution in [1.82, 2.24) is 9.13 Å². The van der Waals surface area contributed by atoms with Crippen LogP contribution in [0, 0.1) is 0 Å². The number of para-hydroxylation sites is 2. The highest BCUT2D eigenvalue weighted by Crippen LogP contribution is 2.39. The Hall–Kier alpha value is -7.42. The molecule has 10 rings (SSSR count). The van der Waals surface area contributed by atoms with Crippen molar-refractivity contribution in [1.29, 1.82) is 0 Å². The van der Waals surface area contributed by atoms with Crippen molar-refractivity contribution in [2.24, 2.45) is 0 Å². The van der Waals surface area contributed by atoms with E-state index in [4.69, 9.17) is 0 Å². The lowest BCUT2D eigenvalue weighted by Gasteiger charge is -2.14. The summed E-state index contributed by atoms with van der Waals surface area (Å²) in [5.41, 5.74) is 17.3. The quantitative estimate of drug-likeness (QED) is 0.148. The van der Waals surface area contributed by atoms with Crippen LogP contribution < -0.4 is 0 Å². The predicted molar refractivity (Wildman–Crippen MR) is 240 cm³/mol. The van der Waals surface area contributed by atoms with Crippen molar-refractivity contribution in [3.8, 4) is 55.9 Å². The molecule has 0 N–H and O–H groups in total. The highest BCUT2D eigenvalue weighted by molar-refractivity contribution is 6.10. The number of fused-ring (bicyclic) bond motifs is 4. The van der Waals surface area contributed by atoms with Crippen molar-refractivity contribution in [2.75, 3.05) is 0 Å². The van der Waals surface area contributed by atoms with Crippen LogP contribution in [0.2, 0.25) is 0 Å². The minimum Gasteiger partial charge on any atom is -0.309 e. The van der Waals surface area contributed by atoms with E-state index < -0.39 is 0 Å². The van der Waals surface area contributed by atoms with E-state index in [9.17, 15) is 0 Å². The van der Waals surface area contributed by atoms with Crippen LogP contribution in [0.3, 0.4) is 0 Å². The predicted octanol–water partition coefficient (Wildman–Crippen LogP) is 14.7. The van der Waals surface area contributed by atoms with Gasteiger partial charge in [-0.15, -0.1) is 0 Å². The van der Waals surface area contributed by atoms with Crippen LogP contribution in [0.1, 0.15) is 11.3 Å². The van der Waals surface area contributed by atoms with Gasteiger partial charge in [0.05, 0.1) is 22.2 Å². The topological polar surface area (TPSA) is 9.86 Å². The zero-order valence-corrected chi connectivity index (χ0v) is 30.9. The smallest absolute Gasteiger partial charge is 0.0541 e. The molecule has 2 aromatic heterocycles. The molecule has 0 atom stereocenters. The van der Waals surface area contributed by atoms with Gasteiger partial charge in [0.2, 0.25) is 0 Å². The van der Waals surface area contributed by atoms with Crippen molar-refractivity contribution in [3.05, 3.63) is 219 Å². The minimum absolute atomic E-state index is 1.04. The first-order chi connectivity index (χ1) is 27.7. The summed E-state index contributed by atoms with van der Waals surface area (Å²) in [6.07, 6.45) is 3.88. The SMILES string of the molecule is C=Cc1c(C=C)n(-c2ccccc2)c2ccc(-c3cccc(-c4ccc5c(c4)c4ccccc4n5-c4cc(-c5ccccc5)cc(-c5ccccc5)c4)c3)cc12. The van der Waals surface area contributed by atoms with Gasteiger partial charge in [0.15, 0.2) is 0 Å². The first-order valence-corrected chi connectivity index (χ1v) is 19.1. The summed E-state index contributed by atoms with van der Waals surface area (Å²) in [6, 6.07) is 70.1. The molecule has 2 nitrogen and oxygen atoms in total. The summed E-state index contributed by atoms with van der Waals surface area (Å²) in [6.45, 7) is 8.36. The van der Waals surface area contributed by atoms with Crippen LogP contribution in [0.4, 0.5) is 0 Å². The first-order valence-electron chi connectivity index (χ1n) is 19.1. The van der Waals surface area contributed by atoms with E-state index in [-0.39, 0.29) is 0 Å². The Morgan fingerprint density at radius 3 is 1.39 bits per heavy atom. The Kier molecular flexibility index (Phi) is 8.16. The van der Waals surface area contributed by atoms with Gasteiger partial charge in [-0.05, 0) is 117 Å². The molecule has 0 radical (unpaired) electrons. The standard InChI is InChI=1S/C54H38N2/c1-3-47-49-35-41(27-29-53(49)55(51(47)4-2)45-23-12-7-13-24-45)39-21-16-22-40(31-39)42-28-30-54-50(36-42)48-25-14-15-26-52(48)56(54)46-33-43(37-17-8-5-9-18-37)32-44(34-46)38-19-10-6-11-20-38/h3-36H,1-2H2. The summed E-state index contributed by atoms with van der Waals surface area (Å²) in [5.74, 6) is 0. The normalized spacial score (nSPS) is 11.4. The largest absolute Gasteiger partial charge is 0.309 e. The fraction of sp³-hybridized carbons (Fsp3) is 0. The Bertz CT molecular complexity index is 3030. The summed E-state index contributed by atoms with van der Waals surface area (Å²) in [5, 5.41) is 3.61. The van der Waals surface area contributed by atoms with Gasteiger partial charge in [-0.2, -0.15) is 0 Å². The van der Waals surface area contributed by atoms with Crippen LogP contribution in [0.5, 0.6) is 0 Å². The number of hydrogen-bond acceptors (Lipinski definition) is 0. The maximum absolute atomic E-state index is 4.19. The molecule has 264 valence electrons. The molecule has 2 heterocycles. The third-order valence-corrected chi connectivity index (χ3v) is 11.0. The molecule has 0 aliphatic heterocycles. The van der Waals surface area contributed by atoms with E-state index in [2.05, 4.69) is 210 Å². The fourth-order valence-corrected chi connectivity index (χ4v) is 8.43. The summed E-state index contributed by atoms with van der Waals surface area (Å²) in [7, 11) is 0. The average molecular weight is 715 g/mol. The molecule has 0 aliphatic rings. The van der Waals surface area contributed by atoms with Gasteiger partial charge in [-0.3, -0.25) is 0 Å². The van der Waals surface area contributed by atoms with Crippen LogP contribution in [-0.4, -0.2) is 9.13 Å². The van der Waals surface area contributed by atoms with E-state index >= 15 is 0 Å². The highest BCUT2D eigenvalue weighted by atomic mass is 15.0. The lowest BCUT2D eigenvalue weighted by molar-refractivity contribution is 1.11. The molecule has 0 saturated carbocycles. The number of rotatable bonds is 8. The average Bonchev–Trinajstić information content (AvgIpc) is 3.79. The van der Waals surface area contributed by atoms with Crippen LogP contribution in [-0.2, 0) is 0 Å². The molecule has 0 unspecified atom stereocenters. The first kappa shape index (κ1) is 33.2. The lowest BCUT2D eigenvalue weighted by Crippen LogP contribution is -1.96. The lowest BCUT2D eigenvalue weighted by atomic mass is 9.96. The van der Waals surface area contributed by atoms with Gasteiger partial charge < -0.3 is 9.13 Å². The molecule has 0 saturated heterocycles.